The third-order valence-corrected chi connectivity index (χ3v) is 2.81. The van der Waals surface area contributed by atoms with Gasteiger partial charge in [-0.3, -0.25) is 9.88 Å². The lowest BCUT2D eigenvalue weighted by Gasteiger charge is -2.16. The minimum Gasteiger partial charge on any atom is -0.370 e. The number of nitrogens with one attached hydrogen (secondary N) is 1. The molecule has 2 aromatic heterocycles. The summed E-state index contributed by atoms with van der Waals surface area (Å²) in [6.45, 7) is 4.74. The Labute approximate surface area is 114 Å². The monoisotopic (exact) mass is 256 g/mol. The van der Waals surface area contributed by atoms with Crippen LogP contribution in [0.5, 0.6) is 0 Å². The molecular weight excluding hydrogens is 236 g/mol. The van der Waals surface area contributed by atoms with Gasteiger partial charge in [-0.2, -0.15) is 0 Å². The number of hydrogen-bond donors (Lipinski definition) is 1. The first-order chi connectivity index (χ1) is 9.28. The molecule has 0 atom stereocenters. The van der Waals surface area contributed by atoms with Crippen LogP contribution in [0.3, 0.4) is 0 Å². The van der Waals surface area contributed by atoms with E-state index in [1.165, 1.54) is 11.1 Å². The Kier molecular flexibility index (Phi) is 4.86. The van der Waals surface area contributed by atoms with Crippen molar-refractivity contribution in [2.24, 2.45) is 0 Å². The highest BCUT2D eigenvalue weighted by Crippen LogP contribution is 2.09. The Hall–Kier alpha value is -1.94. The summed E-state index contributed by atoms with van der Waals surface area (Å²) in [5, 5.41) is 3.19. The van der Waals surface area contributed by atoms with Gasteiger partial charge in [-0.05, 0) is 37.2 Å². The van der Waals surface area contributed by atoms with Crippen LogP contribution in [-0.2, 0) is 13.1 Å². The molecule has 0 aliphatic carbocycles. The third-order valence-electron chi connectivity index (χ3n) is 2.81. The largest absolute Gasteiger partial charge is 0.370 e. The summed E-state index contributed by atoms with van der Waals surface area (Å²) in [6, 6.07) is 8.20. The first-order valence-corrected chi connectivity index (χ1v) is 6.54. The molecule has 2 heterocycles. The molecule has 2 aromatic rings. The average molecular weight is 256 g/mol. The zero-order valence-corrected chi connectivity index (χ0v) is 11.5. The summed E-state index contributed by atoms with van der Waals surface area (Å²) < 4.78 is 0. The predicted molar refractivity (Wildman–Crippen MR) is 77.8 cm³/mol. The fraction of sp³-hybridized carbons (Fsp3) is 0.333. The zero-order chi connectivity index (χ0) is 13.5. The maximum Gasteiger partial charge on any atom is 0.125 e. The van der Waals surface area contributed by atoms with Gasteiger partial charge in [-0.15, -0.1) is 0 Å². The SMILES string of the molecule is CCNc1ccc(CN(C)Cc2cccnc2)cn1. The van der Waals surface area contributed by atoms with Crippen LogP contribution in [0.2, 0.25) is 0 Å². The maximum atomic E-state index is 4.38. The lowest BCUT2D eigenvalue weighted by molar-refractivity contribution is 0.318. The van der Waals surface area contributed by atoms with Crippen molar-refractivity contribution >= 4 is 5.82 Å². The molecule has 19 heavy (non-hydrogen) atoms. The van der Waals surface area contributed by atoms with E-state index < -0.39 is 0 Å². The fourth-order valence-corrected chi connectivity index (χ4v) is 1.97. The molecule has 0 unspecified atom stereocenters. The summed E-state index contributed by atoms with van der Waals surface area (Å²) >= 11 is 0. The van der Waals surface area contributed by atoms with Crippen molar-refractivity contribution in [2.45, 2.75) is 20.0 Å². The van der Waals surface area contributed by atoms with Crippen molar-refractivity contribution in [3.8, 4) is 0 Å². The van der Waals surface area contributed by atoms with Gasteiger partial charge in [0.15, 0.2) is 0 Å². The Balaban J connectivity index is 1.89. The second kappa shape index (κ2) is 6.85. The molecule has 0 saturated heterocycles. The molecule has 0 amide bonds. The minimum atomic E-state index is 0.883. The second-order valence-corrected chi connectivity index (χ2v) is 4.62. The Morgan fingerprint density at radius 3 is 2.47 bits per heavy atom. The van der Waals surface area contributed by atoms with Crippen LogP contribution < -0.4 is 5.32 Å². The van der Waals surface area contributed by atoms with Crippen LogP contribution >= 0.6 is 0 Å². The molecule has 0 aromatic carbocycles. The zero-order valence-electron chi connectivity index (χ0n) is 11.5. The highest BCUT2D eigenvalue weighted by atomic mass is 15.1. The summed E-state index contributed by atoms with van der Waals surface area (Å²) in [7, 11) is 2.10. The van der Waals surface area contributed by atoms with Crippen molar-refractivity contribution in [1.29, 1.82) is 0 Å². The molecule has 4 nitrogen and oxygen atoms in total. The molecule has 100 valence electrons. The quantitative estimate of drug-likeness (QED) is 0.862. The highest BCUT2D eigenvalue weighted by molar-refractivity contribution is 5.35. The van der Waals surface area contributed by atoms with Crippen LogP contribution in [0.15, 0.2) is 42.9 Å². The smallest absolute Gasteiger partial charge is 0.125 e. The van der Waals surface area contributed by atoms with E-state index in [0.717, 1.165) is 25.5 Å². The van der Waals surface area contributed by atoms with E-state index in [9.17, 15) is 0 Å². The van der Waals surface area contributed by atoms with Crippen molar-refractivity contribution in [3.05, 3.63) is 54.0 Å². The topological polar surface area (TPSA) is 41.0 Å². The van der Waals surface area contributed by atoms with Gasteiger partial charge in [0.2, 0.25) is 0 Å². The molecule has 0 radical (unpaired) electrons. The van der Waals surface area contributed by atoms with Crippen LogP contribution in [0.25, 0.3) is 0 Å². The Morgan fingerprint density at radius 1 is 1.11 bits per heavy atom. The molecule has 0 aliphatic rings. The van der Waals surface area contributed by atoms with Crippen molar-refractivity contribution in [2.75, 3.05) is 18.9 Å². The van der Waals surface area contributed by atoms with Gasteiger partial charge in [-0.25, -0.2) is 4.98 Å². The number of pyridine rings is 2. The normalized spacial score (nSPS) is 10.7. The summed E-state index contributed by atoms with van der Waals surface area (Å²) in [4.78, 5) is 10.8. The Bertz CT molecular complexity index is 481. The molecule has 4 heteroatoms. The number of nitrogens with zero attached hydrogens (tertiary/aromatic N) is 3. The van der Waals surface area contributed by atoms with E-state index in [2.05, 4.69) is 46.3 Å². The number of anilines is 1. The van der Waals surface area contributed by atoms with Crippen LogP contribution in [-0.4, -0.2) is 28.5 Å². The lowest BCUT2D eigenvalue weighted by Crippen LogP contribution is -2.17. The number of hydrogen-bond acceptors (Lipinski definition) is 4. The van der Waals surface area contributed by atoms with E-state index in [0.29, 0.717) is 0 Å². The van der Waals surface area contributed by atoms with Gasteiger partial charge in [0.25, 0.3) is 0 Å². The molecule has 0 aliphatic heterocycles. The first-order valence-electron chi connectivity index (χ1n) is 6.54. The fourth-order valence-electron chi connectivity index (χ4n) is 1.97. The van der Waals surface area contributed by atoms with Gasteiger partial charge in [0, 0.05) is 38.2 Å². The minimum absolute atomic E-state index is 0.883. The summed E-state index contributed by atoms with van der Waals surface area (Å²) in [6.07, 6.45) is 5.63. The van der Waals surface area contributed by atoms with Gasteiger partial charge < -0.3 is 5.32 Å². The molecular formula is C15H20N4. The summed E-state index contributed by atoms with van der Waals surface area (Å²) in [5.74, 6) is 0.932. The molecule has 2 rings (SSSR count). The first kappa shape index (κ1) is 13.5. The number of aromatic nitrogens is 2. The van der Waals surface area contributed by atoms with E-state index in [-0.39, 0.29) is 0 Å². The van der Waals surface area contributed by atoms with Crippen molar-refractivity contribution in [1.82, 2.24) is 14.9 Å². The lowest BCUT2D eigenvalue weighted by atomic mass is 10.2. The van der Waals surface area contributed by atoms with Crippen LogP contribution in [0.1, 0.15) is 18.1 Å². The standard InChI is InChI=1S/C15H20N4/c1-3-17-15-7-6-14(10-18-15)12-19(2)11-13-5-4-8-16-9-13/h4-10H,3,11-12H2,1-2H3,(H,17,18). The Morgan fingerprint density at radius 2 is 1.89 bits per heavy atom. The predicted octanol–water partition coefficient (Wildman–Crippen LogP) is 2.54. The van der Waals surface area contributed by atoms with Crippen LogP contribution in [0.4, 0.5) is 5.82 Å². The van der Waals surface area contributed by atoms with E-state index in [1.54, 1.807) is 6.20 Å². The molecule has 1 N–H and O–H groups in total. The maximum absolute atomic E-state index is 4.38. The summed E-state index contributed by atoms with van der Waals surface area (Å²) in [5.41, 5.74) is 2.44. The van der Waals surface area contributed by atoms with Crippen LogP contribution in [0, 0.1) is 0 Å². The van der Waals surface area contributed by atoms with Gasteiger partial charge >= 0.3 is 0 Å². The van der Waals surface area contributed by atoms with Gasteiger partial charge in [0.05, 0.1) is 0 Å². The van der Waals surface area contributed by atoms with Gasteiger partial charge in [0.1, 0.15) is 5.82 Å². The average Bonchev–Trinajstić information content (AvgIpc) is 2.42. The molecule has 0 bridgehead atoms. The van der Waals surface area contributed by atoms with Crippen molar-refractivity contribution in [3.63, 3.8) is 0 Å². The molecule has 0 fully saturated rings. The van der Waals surface area contributed by atoms with Crippen molar-refractivity contribution < 1.29 is 0 Å². The third kappa shape index (κ3) is 4.34. The molecule has 0 saturated carbocycles. The second-order valence-electron chi connectivity index (χ2n) is 4.62. The number of rotatable bonds is 6. The van der Waals surface area contributed by atoms with E-state index in [4.69, 9.17) is 0 Å². The van der Waals surface area contributed by atoms with Gasteiger partial charge in [-0.1, -0.05) is 12.1 Å². The highest BCUT2D eigenvalue weighted by Gasteiger charge is 2.02. The molecule has 0 spiro atoms. The van der Waals surface area contributed by atoms with E-state index >= 15 is 0 Å². The van der Waals surface area contributed by atoms with E-state index in [1.807, 2.05) is 24.5 Å².